The van der Waals surface area contributed by atoms with Gasteiger partial charge in [-0.1, -0.05) is 28.9 Å². The molecule has 2 aromatic rings. The highest BCUT2D eigenvalue weighted by molar-refractivity contribution is 9.10. The summed E-state index contributed by atoms with van der Waals surface area (Å²) in [7, 11) is 0. The van der Waals surface area contributed by atoms with Gasteiger partial charge in [0, 0.05) is 23.0 Å². The fourth-order valence-corrected chi connectivity index (χ4v) is 2.14. The first-order valence-corrected chi connectivity index (χ1v) is 7.14. The van der Waals surface area contributed by atoms with Gasteiger partial charge in [0.05, 0.1) is 11.4 Å². The van der Waals surface area contributed by atoms with Crippen LogP contribution in [0.4, 0.5) is 5.82 Å². The Morgan fingerprint density at radius 2 is 2.25 bits per heavy atom. The molecule has 1 heterocycles. The fraction of sp³-hybridized carbons (Fsp3) is 0.286. The predicted molar refractivity (Wildman–Crippen MR) is 82.8 cm³/mol. The van der Waals surface area contributed by atoms with E-state index in [1.807, 2.05) is 37.3 Å². The molecule has 6 heteroatoms. The van der Waals surface area contributed by atoms with Gasteiger partial charge in [0.15, 0.2) is 0 Å². The Bertz CT molecular complexity index is 623. The minimum absolute atomic E-state index is 0.108. The summed E-state index contributed by atoms with van der Waals surface area (Å²) in [4.78, 5) is 12.0. The number of nitrogens with zero attached hydrogens (tertiary/aromatic N) is 2. The third kappa shape index (κ3) is 3.26. The van der Waals surface area contributed by atoms with Gasteiger partial charge in [0.1, 0.15) is 5.82 Å². The summed E-state index contributed by atoms with van der Waals surface area (Å²) < 4.78 is 2.66. The molecule has 5 nitrogen and oxygen atoms in total. The summed E-state index contributed by atoms with van der Waals surface area (Å²) >= 11 is 3.43. The van der Waals surface area contributed by atoms with E-state index >= 15 is 0 Å². The van der Waals surface area contributed by atoms with Crippen molar-refractivity contribution in [2.75, 3.05) is 11.9 Å². The molecule has 2 rings (SSSR count). The molecule has 106 valence electrons. The molecule has 0 saturated heterocycles. The van der Waals surface area contributed by atoms with Crippen LogP contribution in [0, 0.1) is 12.8 Å². The number of nitrogens with one attached hydrogen (secondary N) is 1. The highest BCUT2D eigenvalue weighted by Crippen LogP contribution is 2.20. The molecule has 20 heavy (non-hydrogen) atoms. The van der Waals surface area contributed by atoms with Crippen LogP contribution < -0.4 is 11.1 Å². The maximum absolute atomic E-state index is 12.0. The number of hydrogen-bond acceptors (Lipinski definition) is 3. The third-order valence-electron chi connectivity index (χ3n) is 2.94. The molecule has 0 saturated carbocycles. The number of aromatic nitrogens is 2. The Kier molecular flexibility index (Phi) is 4.57. The van der Waals surface area contributed by atoms with Gasteiger partial charge in [-0.2, -0.15) is 5.10 Å². The summed E-state index contributed by atoms with van der Waals surface area (Å²) in [5.74, 6) is 0.302. The zero-order chi connectivity index (χ0) is 14.7. The fourth-order valence-electron chi connectivity index (χ4n) is 1.75. The number of carbonyl (C=O) groups excluding carboxylic acids is 1. The molecular weight excluding hydrogens is 320 g/mol. The number of anilines is 1. The SMILES string of the molecule is Cc1cc(NC(=O)C(C)CN)n(-c2cccc(Br)c2)n1. The van der Waals surface area contributed by atoms with Crippen LogP contribution >= 0.6 is 15.9 Å². The van der Waals surface area contributed by atoms with Gasteiger partial charge in [0.25, 0.3) is 0 Å². The van der Waals surface area contributed by atoms with E-state index < -0.39 is 0 Å². The monoisotopic (exact) mass is 336 g/mol. The second kappa shape index (κ2) is 6.19. The third-order valence-corrected chi connectivity index (χ3v) is 3.43. The molecule has 0 aliphatic heterocycles. The van der Waals surface area contributed by atoms with Crippen LogP contribution in [0.25, 0.3) is 5.69 Å². The van der Waals surface area contributed by atoms with Crippen LogP contribution in [0.15, 0.2) is 34.8 Å². The first kappa shape index (κ1) is 14.7. The van der Waals surface area contributed by atoms with E-state index in [4.69, 9.17) is 5.73 Å². The Morgan fingerprint density at radius 3 is 2.90 bits per heavy atom. The van der Waals surface area contributed by atoms with Crippen molar-refractivity contribution in [2.45, 2.75) is 13.8 Å². The Balaban J connectivity index is 2.33. The molecule has 1 aromatic heterocycles. The molecule has 0 aliphatic carbocycles. The lowest BCUT2D eigenvalue weighted by Crippen LogP contribution is -2.27. The van der Waals surface area contributed by atoms with Gasteiger partial charge >= 0.3 is 0 Å². The number of benzene rings is 1. The van der Waals surface area contributed by atoms with Crippen LogP contribution in [-0.2, 0) is 4.79 Å². The first-order chi connectivity index (χ1) is 9.51. The highest BCUT2D eigenvalue weighted by Gasteiger charge is 2.15. The van der Waals surface area contributed by atoms with Crippen molar-refractivity contribution < 1.29 is 4.79 Å². The number of hydrogen-bond donors (Lipinski definition) is 2. The molecule has 0 fully saturated rings. The van der Waals surface area contributed by atoms with Crippen molar-refractivity contribution >= 4 is 27.7 Å². The number of rotatable bonds is 4. The normalized spacial score (nSPS) is 12.2. The summed E-state index contributed by atoms with van der Waals surface area (Å²) in [6.07, 6.45) is 0. The van der Waals surface area contributed by atoms with Gasteiger partial charge < -0.3 is 11.1 Å². The van der Waals surface area contributed by atoms with E-state index in [2.05, 4.69) is 26.3 Å². The molecule has 1 amide bonds. The lowest BCUT2D eigenvalue weighted by Gasteiger charge is -2.12. The van der Waals surface area contributed by atoms with Crippen molar-refractivity contribution in [2.24, 2.45) is 11.7 Å². The average Bonchev–Trinajstić information content (AvgIpc) is 2.78. The number of halogens is 1. The second-order valence-electron chi connectivity index (χ2n) is 4.69. The van der Waals surface area contributed by atoms with E-state index in [0.29, 0.717) is 12.4 Å². The van der Waals surface area contributed by atoms with Gasteiger partial charge in [0.2, 0.25) is 5.91 Å². The minimum atomic E-state index is -0.235. The van der Waals surface area contributed by atoms with E-state index in [1.165, 1.54) is 0 Å². The first-order valence-electron chi connectivity index (χ1n) is 6.35. The molecule has 1 unspecified atom stereocenters. The zero-order valence-electron chi connectivity index (χ0n) is 11.4. The summed E-state index contributed by atoms with van der Waals surface area (Å²) in [6, 6.07) is 9.56. The Morgan fingerprint density at radius 1 is 1.50 bits per heavy atom. The molecule has 0 bridgehead atoms. The maximum atomic E-state index is 12.0. The topological polar surface area (TPSA) is 72.9 Å². The van der Waals surface area contributed by atoms with Crippen LogP contribution in [0.3, 0.4) is 0 Å². The van der Waals surface area contributed by atoms with Gasteiger partial charge in [-0.25, -0.2) is 4.68 Å². The Hall–Kier alpha value is -1.66. The van der Waals surface area contributed by atoms with E-state index in [1.54, 1.807) is 11.6 Å². The van der Waals surface area contributed by atoms with Gasteiger partial charge in [-0.3, -0.25) is 4.79 Å². The predicted octanol–water partition coefficient (Wildman–Crippen LogP) is 2.48. The van der Waals surface area contributed by atoms with Crippen molar-refractivity contribution in [3.8, 4) is 5.69 Å². The van der Waals surface area contributed by atoms with E-state index in [9.17, 15) is 4.79 Å². The van der Waals surface area contributed by atoms with Crippen LogP contribution in [0.2, 0.25) is 0 Å². The van der Waals surface area contributed by atoms with Crippen molar-refractivity contribution in [3.63, 3.8) is 0 Å². The van der Waals surface area contributed by atoms with Crippen LogP contribution in [0.1, 0.15) is 12.6 Å². The molecule has 0 radical (unpaired) electrons. The van der Waals surface area contributed by atoms with Crippen LogP contribution in [0.5, 0.6) is 0 Å². The largest absolute Gasteiger partial charge is 0.330 e. The Labute approximate surface area is 126 Å². The van der Waals surface area contributed by atoms with Crippen molar-refractivity contribution in [3.05, 3.63) is 40.5 Å². The van der Waals surface area contributed by atoms with Crippen LogP contribution in [-0.4, -0.2) is 22.2 Å². The average molecular weight is 337 g/mol. The number of aryl methyl sites for hydroxylation is 1. The van der Waals surface area contributed by atoms with Crippen molar-refractivity contribution in [1.29, 1.82) is 0 Å². The van der Waals surface area contributed by atoms with Crippen molar-refractivity contribution in [1.82, 2.24) is 9.78 Å². The number of carbonyl (C=O) groups is 1. The molecular formula is C14H17BrN4O. The minimum Gasteiger partial charge on any atom is -0.330 e. The van der Waals surface area contributed by atoms with E-state index in [-0.39, 0.29) is 11.8 Å². The molecule has 1 aromatic carbocycles. The van der Waals surface area contributed by atoms with E-state index in [0.717, 1.165) is 15.9 Å². The lowest BCUT2D eigenvalue weighted by molar-refractivity contribution is -0.119. The standard InChI is InChI=1S/C14H17BrN4O/c1-9(8-16)14(20)17-13-6-10(2)18-19(13)12-5-3-4-11(15)7-12/h3-7,9H,8,16H2,1-2H3,(H,17,20). The zero-order valence-corrected chi connectivity index (χ0v) is 13.0. The van der Waals surface area contributed by atoms with Gasteiger partial charge in [-0.05, 0) is 25.1 Å². The quantitative estimate of drug-likeness (QED) is 0.900. The second-order valence-corrected chi connectivity index (χ2v) is 5.60. The number of nitrogens with two attached hydrogens (primary N) is 1. The molecule has 0 spiro atoms. The summed E-state index contributed by atoms with van der Waals surface area (Å²) in [6.45, 7) is 3.99. The maximum Gasteiger partial charge on any atom is 0.229 e. The molecule has 3 N–H and O–H groups in total. The summed E-state index contributed by atoms with van der Waals surface area (Å²) in [5, 5.41) is 7.28. The smallest absolute Gasteiger partial charge is 0.229 e. The molecule has 1 atom stereocenters. The molecule has 0 aliphatic rings. The number of amides is 1. The highest BCUT2D eigenvalue weighted by atomic mass is 79.9. The summed E-state index contributed by atoms with van der Waals surface area (Å²) in [5.41, 5.74) is 7.22. The lowest BCUT2D eigenvalue weighted by atomic mass is 10.2. The van der Waals surface area contributed by atoms with Gasteiger partial charge in [-0.15, -0.1) is 0 Å².